The molecule has 0 atom stereocenters. The Hall–Kier alpha value is -2.82. The van der Waals surface area contributed by atoms with E-state index in [4.69, 9.17) is 5.26 Å². The van der Waals surface area contributed by atoms with Gasteiger partial charge >= 0.3 is 6.18 Å². The fourth-order valence-electron chi connectivity index (χ4n) is 2.77. The van der Waals surface area contributed by atoms with Crippen molar-refractivity contribution in [2.75, 3.05) is 23.3 Å². The second kappa shape index (κ2) is 6.97. The molecule has 3 rings (SSSR count). The molecule has 0 radical (unpaired) electrons. The number of hydrogen-bond acceptors (Lipinski definition) is 5. The molecule has 1 N–H and O–H groups in total. The minimum Gasteiger partial charge on any atom is -0.381 e. The summed E-state index contributed by atoms with van der Waals surface area (Å²) in [5, 5.41) is 12.1. The Labute approximate surface area is 143 Å². The highest BCUT2D eigenvalue weighted by atomic mass is 19.4. The molecule has 2 aromatic heterocycles. The maximum absolute atomic E-state index is 12.6. The Morgan fingerprint density at radius 2 is 1.84 bits per heavy atom. The van der Waals surface area contributed by atoms with Crippen molar-refractivity contribution in [2.24, 2.45) is 0 Å². The molecule has 0 amide bonds. The number of nitriles is 1. The average Bonchev–Trinajstić information content (AvgIpc) is 2.62. The molecule has 3 heterocycles. The lowest BCUT2D eigenvalue weighted by atomic mass is 10.0. The predicted octanol–water partition coefficient (Wildman–Crippen LogP) is 3.45. The molecule has 1 fully saturated rings. The summed E-state index contributed by atoms with van der Waals surface area (Å²) < 4.78 is 37.7. The van der Waals surface area contributed by atoms with Crippen LogP contribution < -0.4 is 10.2 Å². The zero-order chi connectivity index (χ0) is 17.9. The van der Waals surface area contributed by atoms with Gasteiger partial charge in [-0.1, -0.05) is 0 Å². The van der Waals surface area contributed by atoms with Crippen molar-refractivity contribution in [3.05, 3.63) is 47.9 Å². The summed E-state index contributed by atoms with van der Waals surface area (Å²) in [7, 11) is 0. The van der Waals surface area contributed by atoms with E-state index in [1.165, 1.54) is 6.07 Å². The Bertz CT molecular complexity index is 742. The van der Waals surface area contributed by atoms with Crippen molar-refractivity contribution in [1.29, 1.82) is 5.26 Å². The molecule has 0 aliphatic carbocycles. The number of alkyl halides is 3. The van der Waals surface area contributed by atoms with Gasteiger partial charge in [0.05, 0.1) is 17.4 Å². The lowest BCUT2D eigenvalue weighted by Gasteiger charge is -2.33. The Kier molecular flexibility index (Phi) is 4.74. The van der Waals surface area contributed by atoms with E-state index >= 15 is 0 Å². The largest absolute Gasteiger partial charge is 0.417 e. The van der Waals surface area contributed by atoms with Gasteiger partial charge in [-0.25, -0.2) is 9.97 Å². The standard InChI is InChI=1S/C17H16F3N5/c18-17(19,20)12-1-4-16(23-10-12)25-7-5-13(6-8-25)24-15-3-2-14(9-21)22-11-15/h1-4,10-11,13,24H,5-8H2. The molecule has 130 valence electrons. The van der Waals surface area contributed by atoms with Crippen LogP contribution in [0.5, 0.6) is 0 Å². The minimum atomic E-state index is -4.36. The average molecular weight is 347 g/mol. The van der Waals surface area contributed by atoms with Crippen LogP contribution in [0.15, 0.2) is 36.7 Å². The molecule has 8 heteroatoms. The first-order valence-corrected chi connectivity index (χ1v) is 7.86. The first kappa shape index (κ1) is 17.0. The van der Waals surface area contributed by atoms with Crippen LogP contribution in [0, 0.1) is 11.3 Å². The zero-order valence-electron chi connectivity index (χ0n) is 13.3. The molecule has 0 aromatic carbocycles. The third kappa shape index (κ3) is 4.18. The third-order valence-electron chi connectivity index (χ3n) is 4.14. The molecule has 1 aliphatic rings. The summed E-state index contributed by atoms with van der Waals surface area (Å²) in [6.07, 6.45) is -0.187. The van der Waals surface area contributed by atoms with Crippen molar-refractivity contribution >= 4 is 11.5 Å². The van der Waals surface area contributed by atoms with Crippen LogP contribution in [0.3, 0.4) is 0 Å². The number of piperidine rings is 1. The van der Waals surface area contributed by atoms with Crippen LogP contribution in [0.25, 0.3) is 0 Å². The number of halogens is 3. The normalized spacial score (nSPS) is 15.7. The first-order chi connectivity index (χ1) is 12.0. The van der Waals surface area contributed by atoms with Crippen molar-refractivity contribution in [2.45, 2.75) is 25.1 Å². The highest BCUT2D eigenvalue weighted by Crippen LogP contribution is 2.30. The van der Waals surface area contributed by atoms with Gasteiger partial charge in [-0.2, -0.15) is 18.4 Å². The fraction of sp³-hybridized carbons (Fsp3) is 0.353. The molecule has 1 aliphatic heterocycles. The first-order valence-electron chi connectivity index (χ1n) is 7.86. The fourth-order valence-corrected chi connectivity index (χ4v) is 2.77. The number of nitrogens with zero attached hydrogens (tertiary/aromatic N) is 4. The van der Waals surface area contributed by atoms with Gasteiger partial charge in [0.1, 0.15) is 17.6 Å². The number of rotatable bonds is 3. The monoisotopic (exact) mass is 347 g/mol. The second-order valence-electron chi connectivity index (χ2n) is 5.85. The van der Waals surface area contributed by atoms with Crippen LogP contribution in [0.2, 0.25) is 0 Å². The van der Waals surface area contributed by atoms with Gasteiger partial charge in [-0.05, 0) is 37.1 Å². The van der Waals surface area contributed by atoms with E-state index in [9.17, 15) is 13.2 Å². The second-order valence-corrected chi connectivity index (χ2v) is 5.85. The number of hydrogen-bond donors (Lipinski definition) is 1. The zero-order valence-corrected chi connectivity index (χ0v) is 13.3. The van der Waals surface area contributed by atoms with Crippen LogP contribution in [-0.4, -0.2) is 29.1 Å². The molecule has 0 bridgehead atoms. The maximum atomic E-state index is 12.6. The maximum Gasteiger partial charge on any atom is 0.417 e. The summed E-state index contributed by atoms with van der Waals surface area (Å²) >= 11 is 0. The molecular formula is C17H16F3N5. The van der Waals surface area contributed by atoms with Crippen LogP contribution in [-0.2, 0) is 6.18 Å². The smallest absolute Gasteiger partial charge is 0.381 e. The van der Waals surface area contributed by atoms with E-state index in [1.807, 2.05) is 17.0 Å². The molecule has 0 saturated carbocycles. The van der Waals surface area contributed by atoms with Gasteiger partial charge in [0.25, 0.3) is 0 Å². The minimum absolute atomic E-state index is 0.250. The summed E-state index contributed by atoms with van der Waals surface area (Å²) in [5.74, 6) is 0.562. The van der Waals surface area contributed by atoms with Crippen LogP contribution >= 0.6 is 0 Å². The number of anilines is 2. The van der Waals surface area contributed by atoms with E-state index in [2.05, 4.69) is 15.3 Å². The predicted molar refractivity (Wildman–Crippen MR) is 87.0 cm³/mol. The van der Waals surface area contributed by atoms with Gasteiger partial charge in [-0.3, -0.25) is 0 Å². The van der Waals surface area contributed by atoms with Gasteiger partial charge in [0.2, 0.25) is 0 Å². The molecule has 5 nitrogen and oxygen atoms in total. The molecule has 0 spiro atoms. The van der Waals surface area contributed by atoms with Crippen LogP contribution in [0.4, 0.5) is 24.7 Å². The Morgan fingerprint density at radius 3 is 2.36 bits per heavy atom. The number of nitrogens with one attached hydrogen (secondary N) is 1. The summed E-state index contributed by atoms with van der Waals surface area (Å²) in [6, 6.07) is 8.18. The lowest BCUT2D eigenvalue weighted by Crippen LogP contribution is -2.39. The number of pyridine rings is 2. The van der Waals surface area contributed by atoms with Gasteiger partial charge in [0, 0.05) is 25.3 Å². The number of aromatic nitrogens is 2. The molecule has 1 saturated heterocycles. The van der Waals surface area contributed by atoms with Crippen molar-refractivity contribution in [1.82, 2.24) is 9.97 Å². The SMILES string of the molecule is N#Cc1ccc(NC2CCN(c3ccc(C(F)(F)F)cn3)CC2)cn1. The summed E-state index contributed by atoms with van der Waals surface area (Å²) in [4.78, 5) is 9.94. The van der Waals surface area contributed by atoms with Crippen molar-refractivity contribution < 1.29 is 13.2 Å². The van der Waals surface area contributed by atoms with Gasteiger partial charge in [-0.15, -0.1) is 0 Å². The van der Waals surface area contributed by atoms with E-state index in [-0.39, 0.29) is 6.04 Å². The highest BCUT2D eigenvalue weighted by Gasteiger charge is 2.31. The van der Waals surface area contributed by atoms with E-state index in [1.54, 1.807) is 12.3 Å². The Balaban J connectivity index is 1.55. The molecule has 2 aromatic rings. The third-order valence-corrected chi connectivity index (χ3v) is 4.14. The quantitative estimate of drug-likeness (QED) is 0.921. The molecule has 25 heavy (non-hydrogen) atoms. The van der Waals surface area contributed by atoms with E-state index in [0.29, 0.717) is 24.6 Å². The molecule has 0 unspecified atom stereocenters. The van der Waals surface area contributed by atoms with Crippen molar-refractivity contribution in [3.63, 3.8) is 0 Å². The van der Waals surface area contributed by atoms with Gasteiger partial charge in [0.15, 0.2) is 0 Å². The lowest BCUT2D eigenvalue weighted by molar-refractivity contribution is -0.137. The molecular weight excluding hydrogens is 331 g/mol. The summed E-state index contributed by atoms with van der Waals surface area (Å²) in [5.41, 5.74) is 0.486. The Morgan fingerprint density at radius 1 is 1.08 bits per heavy atom. The van der Waals surface area contributed by atoms with Crippen molar-refractivity contribution in [3.8, 4) is 6.07 Å². The summed E-state index contributed by atoms with van der Waals surface area (Å²) in [6.45, 7) is 1.42. The van der Waals surface area contributed by atoms with E-state index < -0.39 is 11.7 Å². The van der Waals surface area contributed by atoms with Crippen LogP contribution in [0.1, 0.15) is 24.1 Å². The van der Waals surface area contributed by atoms with E-state index in [0.717, 1.165) is 30.8 Å². The van der Waals surface area contributed by atoms with Gasteiger partial charge < -0.3 is 10.2 Å². The highest BCUT2D eigenvalue weighted by molar-refractivity contribution is 5.45. The topological polar surface area (TPSA) is 64.8 Å².